The Balaban J connectivity index is 1.02. The zero-order valence-corrected chi connectivity index (χ0v) is 38.5. The first-order chi connectivity index (χ1) is 29.9. The molecule has 5 aliphatic carbocycles. The molecule has 8 rings (SSSR count). The minimum atomic E-state index is -1.67. The number of rotatable bonds is 8. The summed E-state index contributed by atoms with van der Waals surface area (Å²) in [5.41, 5.74) is -1.08. The van der Waals surface area contributed by atoms with Gasteiger partial charge in [-0.1, -0.05) is 53.2 Å². The van der Waals surface area contributed by atoms with Gasteiger partial charge in [-0.25, -0.2) is 0 Å². The zero-order chi connectivity index (χ0) is 46.7. The van der Waals surface area contributed by atoms with Crippen molar-refractivity contribution >= 4 is 5.97 Å². The van der Waals surface area contributed by atoms with Crippen LogP contribution in [-0.4, -0.2) is 169 Å². The number of ether oxygens (including phenoxy) is 6. The third-order valence-electron chi connectivity index (χ3n) is 19.0. The van der Waals surface area contributed by atoms with Crippen molar-refractivity contribution in [1.29, 1.82) is 0 Å². The predicted molar refractivity (Wildman–Crippen MR) is 224 cm³/mol. The molecule has 0 spiro atoms. The monoisotopic (exact) mass is 913 g/mol. The summed E-state index contributed by atoms with van der Waals surface area (Å²) < 4.78 is 35.5. The van der Waals surface area contributed by atoms with Gasteiger partial charge >= 0.3 is 5.97 Å². The Bertz CT molecular complexity index is 1750. The van der Waals surface area contributed by atoms with Gasteiger partial charge in [-0.15, -0.1) is 0 Å². The van der Waals surface area contributed by atoms with E-state index in [-0.39, 0.29) is 52.6 Å². The maximum Gasteiger partial charge on any atom is 0.315 e. The molecule has 0 amide bonds. The first-order valence-corrected chi connectivity index (χ1v) is 23.7. The van der Waals surface area contributed by atoms with Crippen molar-refractivity contribution in [2.45, 2.75) is 205 Å². The lowest BCUT2D eigenvalue weighted by Crippen LogP contribution is -2.67. The van der Waals surface area contributed by atoms with Crippen molar-refractivity contribution in [3.8, 4) is 0 Å². The molecule has 8 aliphatic rings. The van der Waals surface area contributed by atoms with Crippen molar-refractivity contribution in [2.24, 2.45) is 50.2 Å². The van der Waals surface area contributed by atoms with Gasteiger partial charge < -0.3 is 79.5 Å². The van der Waals surface area contributed by atoms with E-state index in [0.29, 0.717) is 19.3 Å². The quantitative estimate of drug-likeness (QED) is 0.0916. The van der Waals surface area contributed by atoms with Crippen molar-refractivity contribution in [3.05, 3.63) is 11.6 Å². The van der Waals surface area contributed by atoms with Crippen LogP contribution in [-0.2, 0) is 33.2 Å². The van der Waals surface area contributed by atoms with Gasteiger partial charge in [0.05, 0.1) is 37.4 Å². The Morgan fingerprint density at radius 2 is 1.39 bits per heavy atom. The molecule has 3 aliphatic heterocycles. The minimum Gasteiger partial charge on any atom is -0.432 e. The highest BCUT2D eigenvalue weighted by molar-refractivity contribution is 5.79. The third-order valence-corrected chi connectivity index (χ3v) is 19.0. The summed E-state index contributed by atoms with van der Waals surface area (Å²) in [6.45, 7) is 14.1. The topological polar surface area (TPSA) is 275 Å². The number of carbonyl (C=O) groups is 1. The number of hydrogen-bond donors (Lipinski definition) is 10. The first kappa shape index (κ1) is 49.0. The minimum absolute atomic E-state index is 0.00748. The summed E-state index contributed by atoms with van der Waals surface area (Å²) >= 11 is 0. The molecule has 10 N–H and O–H groups in total. The normalized spacial score (nSPS) is 54.9. The van der Waals surface area contributed by atoms with Crippen LogP contribution in [0, 0.1) is 50.2 Å². The summed E-state index contributed by atoms with van der Waals surface area (Å²) in [4.78, 5) is 14.6. The molecular formula is C47H76O17. The van der Waals surface area contributed by atoms with E-state index in [0.717, 1.165) is 44.9 Å². The van der Waals surface area contributed by atoms with E-state index >= 15 is 0 Å². The van der Waals surface area contributed by atoms with Gasteiger partial charge in [0.1, 0.15) is 61.0 Å². The number of aliphatic hydroxyl groups excluding tert-OH is 10. The molecule has 3 heterocycles. The molecule has 0 bridgehead atoms. The lowest BCUT2D eigenvalue weighted by Gasteiger charge is -2.71. The second-order valence-corrected chi connectivity index (χ2v) is 22.8. The van der Waals surface area contributed by atoms with E-state index in [1.165, 1.54) is 5.57 Å². The van der Waals surface area contributed by atoms with Crippen LogP contribution in [0.1, 0.15) is 113 Å². The highest BCUT2D eigenvalue weighted by Gasteiger charge is 2.70. The van der Waals surface area contributed by atoms with E-state index < -0.39 is 116 Å². The molecule has 0 unspecified atom stereocenters. The van der Waals surface area contributed by atoms with Gasteiger partial charge in [-0.2, -0.15) is 0 Å². The second-order valence-electron chi connectivity index (χ2n) is 22.8. The molecule has 4 saturated carbocycles. The van der Waals surface area contributed by atoms with Crippen LogP contribution in [0.25, 0.3) is 0 Å². The van der Waals surface area contributed by atoms with E-state index in [4.69, 9.17) is 28.4 Å². The average molecular weight is 913 g/mol. The molecule has 64 heavy (non-hydrogen) atoms. The Kier molecular flexibility index (Phi) is 13.2. The predicted octanol–water partition coefficient (Wildman–Crippen LogP) is 0.780. The molecule has 3 saturated heterocycles. The summed E-state index contributed by atoms with van der Waals surface area (Å²) in [6, 6.07) is 0. The van der Waals surface area contributed by atoms with Gasteiger partial charge in [0.15, 0.2) is 12.6 Å². The lowest BCUT2D eigenvalue weighted by atomic mass is 9.33. The van der Waals surface area contributed by atoms with E-state index in [9.17, 15) is 55.9 Å². The fraction of sp³-hybridized carbons (Fsp3) is 0.936. The van der Waals surface area contributed by atoms with Crippen LogP contribution in [0.15, 0.2) is 11.6 Å². The van der Waals surface area contributed by atoms with Crippen LogP contribution < -0.4 is 0 Å². The fourth-order valence-corrected chi connectivity index (χ4v) is 14.7. The van der Waals surface area contributed by atoms with Crippen molar-refractivity contribution in [3.63, 3.8) is 0 Å². The maximum atomic E-state index is 14.6. The summed E-state index contributed by atoms with van der Waals surface area (Å²) in [6.07, 6.45) is -11.0. The van der Waals surface area contributed by atoms with Crippen LogP contribution in [0.2, 0.25) is 0 Å². The Labute approximate surface area is 376 Å². The second kappa shape index (κ2) is 17.2. The van der Waals surface area contributed by atoms with Crippen LogP contribution in [0.3, 0.4) is 0 Å². The van der Waals surface area contributed by atoms with E-state index in [2.05, 4.69) is 40.7 Å². The molecule has 7 fully saturated rings. The van der Waals surface area contributed by atoms with E-state index in [1.54, 1.807) is 6.92 Å². The number of esters is 1. The Hall–Kier alpha value is -1.39. The van der Waals surface area contributed by atoms with E-state index in [1.807, 2.05) is 6.92 Å². The van der Waals surface area contributed by atoms with Crippen LogP contribution in [0.5, 0.6) is 0 Å². The van der Waals surface area contributed by atoms with Gasteiger partial charge in [-0.05, 0) is 111 Å². The molecule has 0 radical (unpaired) electrons. The smallest absolute Gasteiger partial charge is 0.315 e. The number of carbonyl (C=O) groups excluding carboxylic acids is 1. The first-order valence-electron chi connectivity index (χ1n) is 23.7. The van der Waals surface area contributed by atoms with Gasteiger partial charge in [0.2, 0.25) is 6.29 Å². The molecule has 17 nitrogen and oxygen atoms in total. The van der Waals surface area contributed by atoms with Gasteiger partial charge in [0.25, 0.3) is 0 Å². The highest BCUT2D eigenvalue weighted by Crippen LogP contribution is 2.76. The van der Waals surface area contributed by atoms with Crippen LogP contribution in [0.4, 0.5) is 0 Å². The van der Waals surface area contributed by atoms with Crippen molar-refractivity contribution in [2.75, 3.05) is 19.8 Å². The summed E-state index contributed by atoms with van der Waals surface area (Å²) in [5, 5.41) is 107. The molecular weight excluding hydrogens is 836 g/mol. The highest BCUT2D eigenvalue weighted by atomic mass is 16.7. The largest absolute Gasteiger partial charge is 0.432 e. The number of allylic oxidation sites excluding steroid dienone is 2. The Morgan fingerprint density at radius 3 is 2.08 bits per heavy atom. The third kappa shape index (κ3) is 7.49. The molecule has 17 heteroatoms. The molecule has 366 valence electrons. The fourth-order valence-electron chi connectivity index (χ4n) is 14.7. The average Bonchev–Trinajstić information content (AvgIpc) is 3.25. The van der Waals surface area contributed by atoms with Crippen molar-refractivity contribution < 1.29 is 84.3 Å². The van der Waals surface area contributed by atoms with Crippen LogP contribution >= 0.6 is 0 Å². The van der Waals surface area contributed by atoms with Gasteiger partial charge in [0, 0.05) is 5.41 Å². The molecule has 0 aromatic carbocycles. The summed E-state index contributed by atoms with van der Waals surface area (Å²) in [7, 11) is 0. The number of hydrogen-bond acceptors (Lipinski definition) is 17. The maximum absolute atomic E-state index is 14.6. The van der Waals surface area contributed by atoms with Crippen molar-refractivity contribution in [1.82, 2.24) is 0 Å². The number of aliphatic hydroxyl groups is 10. The SMILES string of the molecule is C[C@@H]1O[C@@H](OC(=O)[C@]23CCC(C)(C)C[C@H]2C2=CC[C@H]4[C@@]5(C)CC[C@H](O[C@@H]6O[C@H](CO)[C@@H](O[C@@H]7OC[C@H](O)[C@H](O)[C@H]7O)[C@H](O)[C@H]6O)[C@@](C)(CO)[C@H]5CC[C@@]4(C)[C@]2(C)CC3)[C@H](O)[C@H](O)[C@H]1O. The molecule has 0 aromatic rings. The lowest BCUT2D eigenvalue weighted by molar-refractivity contribution is -0.362. The molecule has 23 atom stereocenters. The van der Waals surface area contributed by atoms with Gasteiger partial charge in [-0.3, -0.25) is 4.79 Å². The molecule has 0 aromatic heterocycles. The standard InChI is InChI=1S/C47H76O17/c1-22-30(51)32(53)35(56)39(60-22)64-41(58)47-16-14-42(2,3)18-24(47)23-8-9-28-43(4)12-11-29(44(5,21-49)27(43)10-13-46(28,7)45(23,6)15-17-47)62-40-36(57)33(54)37(26(19-48)61-40)63-38-34(55)31(52)25(50)20-59-38/h8,22,24-40,48-57H,9-21H2,1-7H3/t22-,24-,25-,26+,27-,28-,29-,30-,31-,32+,33+,34+,35+,36+,37+,38-,39-,40-,43-,44-,45+,46+,47-/m0/s1. The Morgan fingerprint density at radius 1 is 0.719 bits per heavy atom. The summed E-state index contributed by atoms with van der Waals surface area (Å²) in [5.74, 6) is -0.341. The number of fused-ring (bicyclic) bond motifs is 7. The zero-order valence-electron chi connectivity index (χ0n) is 38.5.